The molecule has 0 bridgehead atoms. The van der Waals surface area contributed by atoms with Crippen LogP contribution < -0.4 is 15.8 Å². The van der Waals surface area contributed by atoms with E-state index in [0.717, 1.165) is 25.7 Å². The topological polar surface area (TPSA) is 122 Å². The van der Waals surface area contributed by atoms with Gasteiger partial charge in [0.2, 0.25) is 5.91 Å². The number of rotatable bonds is 12. The van der Waals surface area contributed by atoms with E-state index in [4.69, 9.17) is 10.8 Å². The number of carboxylic acids is 1. The van der Waals surface area contributed by atoms with Gasteiger partial charge in [-0.3, -0.25) is 19.1 Å². The Labute approximate surface area is 128 Å². The molecule has 21 heavy (non-hydrogen) atoms. The summed E-state index contributed by atoms with van der Waals surface area (Å²) in [5.41, 5.74) is 4.60. The summed E-state index contributed by atoms with van der Waals surface area (Å²) in [5.74, 6) is -1.72. The largest absolute Gasteiger partial charge is 0.481 e. The van der Waals surface area contributed by atoms with Crippen LogP contribution in [0, 0.1) is 0 Å². The van der Waals surface area contributed by atoms with Crippen molar-refractivity contribution in [2.24, 2.45) is 5.73 Å². The zero-order valence-electron chi connectivity index (χ0n) is 11.6. The first-order valence-electron chi connectivity index (χ1n) is 6.58. The lowest BCUT2D eigenvalue weighted by atomic mass is 10.2. The summed E-state index contributed by atoms with van der Waals surface area (Å²) < 4.78 is 15.6. The number of nitrogens with one attached hydrogen (secondary N) is 2. The zero-order valence-corrected chi connectivity index (χ0v) is 13.4. The summed E-state index contributed by atoms with van der Waals surface area (Å²) in [6.07, 6.45) is 3.01. The Morgan fingerprint density at radius 3 is 2.43 bits per heavy atom. The number of nitrogens with two attached hydrogens (primary N) is 1. The molecule has 0 saturated heterocycles. The Balaban J connectivity index is 3.65. The molecule has 122 valence electrons. The van der Waals surface area contributed by atoms with Crippen molar-refractivity contribution in [2.45, 2.75) is 38.5 Å². The molecular formula is C11H21FN3O4PS. The third-order valence-corrected chi connectivity index (χ3v) is 4.58. The summed E-state index contributed by atoms with van der Waals surface area (Å²) in [6.45, 7) is 1.03. The van der Waals surface area contributed by atoms with E-state index in [1.807, 2.05) is 0 Å². The van der Waals surface area contributed by atoms with Gasteiger partial charge in [-0.15, -0.1) is 0 Å². The van der Waals surface area contributed by atoms with Gasteiger partial charge < -0.3 is 16.2 Å². The van der Waals surface area contributed by atoms with Gasteiger partial charge in [-0.2, -0.15) is 0 Å². The van der Waals surface area contributed by atoms with Crippen molar-refractivity contribution < 1.29 is 23.7 Å². The lowest BCUT2D eigenvalue weighted by molar-refractivity contribution is -0.138. The fourth-order valence-corrected chi connectivity index (χ4v) is 2.88. The van der Waals surface area contributed by atoms with E-state index >= 15 is 0 Å². The fraction of sp³-hybridized carbons (Fsp3) is 0.727. The molecule has 0 spiro atoms. The molecule has 0 aromatic rings. The van der Waals surface area contributed by atoms with E-state index in [0.29, 0.717) is 24.7 Å². The van der Waals surface area contributed by atoms with E-state index in [1.54, 1.807) is 0 Å². The van der Waals surface area contributed by atoms with Crippen molar-refractivity contribution in [3.05, 3.63) is 0 Å². The van der Waals surface area contributed by atoms with Gasteiger partial charge >= 0.3 is 5.97 Å². The van der Waals surface area contributed by atoms with Gasteiger partial charge in [0, 0.05) is 24.5 Å². The molecular weight excluding hydrogens is 320 g/mol. The molecule has 1 atom stereocenters. The van der Waals surface area contributed by atoms with Gasteiger partial charge in [0.15, 0.2) is 0 Å². The fourth-order valence-electron chi connectivity index (χ4n) is 1.28. The number of aliphatic carboxylic acids is 1. The number of hydrogen-bond acceptors (Lipinski definition) is 5. The number of amides is 2. The molecule has 0 aromatic carbocycles. The van der Waals surface area contributed by atoms with Crippen LogP contribution in [0.3, 0.4) is 0 Å². The van der Waals surface area contributed by atoms with Crippen LogP contribution >= 0.6 is 19.0 Å². The second-order valence-electron chi connectivity index (χ2n) is 4.19. The number of unbranched alkanes of at least 4 members (excludes halogenated alkanes) is 3. The van der Waals surface area contributed by atoms with Crippen molar-refractivity contribution in [1.82, 2.24) is 10.0 Å². The average Bonchev–Trinajstić information content (AvgIpc) is 2.45. The van der Waals surface area contributed by atoms with Gasteiger partial charge in [-0.05, 0) is 19.4 Å². The van der Waals surface area contributed by atoms with Gasteiger partial charge in [0.05, 0.1) is 6.42 Å². The van der Waals surface area contributed by atoms with E-state index < -0.39 is 25.0 Å². The van der Waals surface area contributed by atoms with Crippen LogP contribution in [0.15, 0.2) is 0 Å². The van der Waals surface area contributed by atoms with Gasteiger partial charge in [-0.25, -0.2) is 4.20 Å². The molecule has 0 fully saturated rings. The molecule has 5 N–H and O–H groups in total. The molecule has 0 saturated carbocycles. The maximum absolute atomic E-state index is 13.5. The maximum atomic E-state index is 13.5. The third kappa shape index (κ3) is 12.5. The molecule has 0 heterocycles. The van der Waals surface area contributed by atoms with E-state index in [-0.39, 0.29) is 12.8 Å². The standard InChI is InChI=1S/C11H21FN3O4PS/c12-20(21-15-9(16)5-6-10(17)18)11(19)14-8-4-2-1-3-7-13/h1-8,13H2,(H,14,19)(H,15,16)(H,17,18). The molecule has 1 unspecified atom stereocenters. The molecule has 0 aliphatic carbocycles. The second-order valence-corrected chi connectivity index (χ2v) is 6.98. The Bertz CT molecular complexity index is 349. The van der Waals surface area contributed by atoms with Crippen molar-refractivity contribution in [3.8, 4) is 0 Å². The van der Waals surface area contributed by atoms with Crippen molar-refractivity contribution in [2.75, 3.05) is 13.1 Å². The monoisotopic (exact) mass is 341 g/mol. The first kappa shape index (κ1) is 20.1. The highest BCUT2D eigenvalue weighted by Crippen LogP contribution is 2.49. The normalized spacial score (nSPS) is 11.7. The lowest BCUT2D eigenvalue weighted by Crippen LogP contribution is -2.22. The molecule has 7 nitrogen and oxygen atoms in total. The quantitative estimate of drug-likeness (QED) is 0.245. The second kappa shape index (κ2) is 12.8. The maximum Gasteiger partial charge on any atom is 0.303 e. The summed E-state index contributed by atoms with van der Waals surface area (Å²) in [6, 6.07) is 0. The van der Waals surface area contributed by atoms with E-state index in [1.165, 1.54) is 0 Å². The van der Waals surface area contributed by atoms with E-state index in [2.05, 4.69) is 10.0 Å². The minimum Gasteiger partial charge on any atom is -0.481 e. The molecule has 0 aliphatic rings. The predicted octanol–water partition coefficient (Wildman–Crippen LogP) is 2.13. The molecule has 10 heteroatoms. The smallest absolute Gasteiger partial charge is 0.303 e. The molecule has 0 rings (SSSR count). The first-order chi connectivity index (χ1) is 9.97. The molecule has 0 aliphatic heterocycles. The predicted molar refractivity (Wildman–Crippen MR) is 81.6 cm³/mol. The van der Waals surface area contributed by atoms with Crippen molar-refractivity contribution >= 4 is 36.5 Å². The van der Waals surface area contributed by atoms with Crippen LogP contribution in [0.5, 0.6) is 0 Å². The summed E-state index contributed by atoms with van der Waals surface area (Å²) >= 11 is 0.393. The Morgan fingerprint density at radius 2 is 1.81 bits per heavy atom. The number of carboxylic acid groups (broad SMARTS) is 1. The number of carbonyl (C=O) groups excluding carboxylic acids is 2. The average molecular weight is 341 g/mol. The van der Waals surface area contributed by atoms with Crippen LogP contribution in [0.2, 0.25) is 0 Å². The van der Waals surface area contributed by atoms with Gasteiger partial charge in [-0.1, -0.05) is 12.8 Å². The first-order valence-corrected chi connectivity index (χ1v) is 9.24. The summed E-state index contributed by atoms with van der Waals surface area (Å²) in [5, 5.41) is 10.8. The van der Waals surface area contributed by atoms with Crippen LogP contribution in [0.25, 0.3) is 0 Å². The zero-order chi connectivity index (χ0) is 16.1. The van der Waals surface area contributed by atoms with Crippen molar-refractivity contribution in [3.63, 3.8) is 0 Å². The highest BCUT2D eigenvalue weighted by atomic mass is 32.7. The van der Waals surface area contributed by atoms with Crippen LogP contribution in [-0.2, 0) is 9.59 Å². The summed E-state index contributed by atoms with van der Waals surface area (Å²) in [4.78, 5) is 32.7. The highest BCUT2D eigenvalue weighted by Gasteiger charge is 2.20. The number of hydrogen-bond donors (Lipinski definition) is 4. The summed E-state index contributed by atoms with van der Waals surface area (Å²) in [7, 11) is -2.56. The number of halogens is 1. The lowest BCUT2D eigenvalue weighted by Gasteiger charge is -2.08. The minimum atomic E-state index is -2.56. The third-order valence-electron chi connectivity index (χ3n) is 2.37. The van der Waals surface area contributed by atoms with Gasteiger partial charge in [0.25, 0.3) is 13.1 Å². The Hall–Kier alpha value is -0.920. The Morgan fingerprint density at radius 1 is 1.14 bits per heavy atom. The molecule has 0 radical (unpaired) electrons. The highest BCUT2D eigenvalue weighted by molar-refractivity contribution is 8.57. The van der Waals surface area contributed by atoms with Crippen LogP contribution in [0.1, 0.15) is 38.5 Å². The molecule has 0 aromatic heterocycles. The van der Waals surface area contributed by atoms with Crippen LogP contribution in [-0.4, -0.2) is 35.7 Å². The SMILES string of the molecule is NCCCCCCNC(=O)P(F)SNC(=O)CCC(=O)O. The van der Waals surface area contributed by atoms with Crippen LogP contribution in [0.4, 0.5) is 8.99 Å². The number of carbonyl (C=O) groups is 3. The minimum absolute atomic E-state index is 0.242. The Kier molecular flexibility index (Phi) is 12.2. The van der Waals surface area contributed by atoms with E-state index in [9.17, 15) is 18.6 Å². The van der Waals surface area contributed by atoms with Crippen molar-refractivity contribution in [1.29, 1.82) is 0 Å². The van der Waals surface area contributed by atoms with Gasteiger partial charge in [0.1, 0.15) is 0 Å². The molecule has 2 amide bonds.